The number of hydrogen-bond donors (Lipinski definition) is 2. The van der Waals surface area contributed by atoms with Crippen molar-refractivity contribution in [3.63, 3.8) is 0 Å². The molecule has 156 valence electrons. The van der Waals surface area contributed by atoms with E-state index in [1.54, 1.807) is 11.3 Å². The van der Waals surface area contributed by atoms with E-state index in [2.05, 4.69) is 50.8 Å². The first-order valence-corrected chi connectivity index (χ1v) is 11.0. The van der Waals surface area contributed by atoms with Crippen LogP contribution in [0, 0.1) is 0 Å². The van der Waals surface area contributed by atoms with Gasteiger partial charge in [0.1, 0.15) is 0 Å². The SMILES string of the molecule is CC(=O)NC(CC(=O)NCCN1CCN(Cc2ccccc2)CC1)c1cccs1. The standard InChI is InChI=1S/C22H30N4O2S/c1-18(27)24-20(21-8-5-15-29-21)16-22(28)23-9-10-25-11-13-26(14-12-25)17-19-6-3-2-4-7-19/h2-8,15,20H,9-14,16-17H2,1H3,(H,23,28)(H,24,27). The zero-order valence-electron chi connectivity index (χ0n) is 17.0. The Kier molecular flexibility index (Phi) is 8.22. The summed E-state index contributed by atoms with van der Waals surface area (Å²) in [6.45, 7) is 8.11. The molecule has 0 bridgehead atoms. The van der Waals surface area contributed by atoms with E-state index in [0.29, 0.717) is 6.54 Å². The van der Waals surface area contributed by atoms with Gasteiger partial charge in [0.15, 0.2) is 0 Å². The predicted molar refractivity (Wildman–Crippen MR) is 117 cm³/mol. The quantitative estimate of drug-likeness (QED) is 0.661. The molecule has 1 fully saturated rings. The van der Waals surface area contributed by atoms with Gasteiger partial charge in [0, 0.05) is 57.6 Å². The predicted octanol–water partition coefficient (Wildman–Crippen LogP) is 2.25. The van der Waals surface area contributed by atoms with E-state index < -0.39 is 0 Å². The lowest BCUT2D eigenvalue weighted by atomic mass is 10.1. The molecular formula is C22H30N4O2S. The molecule has 1 atom stereocenters. The molecule has 7 heteroatoms. The molecule has 6 nitrogen and oxygen atoms in total. The van der Waals surface area contributed by atoms with Gasteiger partial charge in [-0.3, -0.25) is 19.4 Å². The van der Waals surface area contributed by atoms with E-state index in [1.165, 1.54) is 12.5 Å². The summed E-state index contributed by atoms with van der Waals surface area (Å²) in [6.07, 6.45) is 0.269. The maximum absolute atomic E-state index is 12.3. The van der Waals surface area contributed by atoms with Crippen LogP contribution in [0.15, 0.2) is 47.8 Å². The van der Waals surface area contributed by atoms with Crippen LogP contribution in [0.4, 0.5) is 0 Å². The molecule has 2 amide bonds. The Balaban J connectivity index is 1.34. The van der Waals surface area contributed by atoms with Crippen molar-refractivity contribution in [2.45, 2.75) is 25.9 Å². The molecule has 0 spiro atoms. The van der Waals surface area contributed by atoms with Crippen molar-refractivity contribution in [2.24, 2.45) is 0 Å². The topological polar surface area (TPSA) is 64.7 Å². The molecular weight excluding hydrogens is 384 g/mol. The molecule has 0 saturated carbocycles. The number of benzene rings is 1. The highest BCUT2D eigenvalue weighted by Crippen LogP contribution is 2.21. The molecule has 3 rings (SSSR count). The number of piperazine rings is 1. The number of hydrogen-bond acceptors (Lipinski definition) is 5. The minimum atomic E-state index is -0.256. The maximum Gasteiger partial charge on any atom is 0.222 e. The average molecular weight is 415 g/mol. The summed E-state index contributed by atoms with van der Waals surface area (Å²) in [4.78, 5) is 29.7. The van der Waals surface area contributed by atoms with Crippen LogP contribution >= 0.6 is 11.3 Å². The van der Waals surface area contributed by atoms with Crippen LogP contribution in [0.25, 0.3) is 0 Å². The number of thiophene rings is 1. The first-order valence-electron chi connectivity index (χ1n) is 10.2. The van der Waals surface area contributed by atoms with Crippen LogP contribution in [0.3, 0.4) is 0 Å². The lowest BCUT2D eigenvalue weighted by Crippen LogP contribution is -2.48. The van der Waals surface area contributed by atoms with Gasteiger partial charge in [-0.05, 0) is 17.0 Å². The van der Waals surface area contributed by atoms with Gasteiger partial charge in [-0.15, -0.1) is 11.3 Å². The number of rotatable bonds is 9. The minimum absolute atomic E-state index is 0.0279. The lowest BCUT2D eigenvalue weighted by Gasteiger charge is -2.34. The van der Waals surface area contributed by atoms with Crippen LogP contribution in [-0.2, 0) is 16.1 Å². The fourth-order valence-corrected chi connectivity index (χ4v) is 4.36. The first kappa shape index (κ1) is 21.5. The van der Waals surface area contributed by atoms with Crippen molar-refractivity contribution in [1.29, 1.82) is 0 Å². The van der Waals surface area contributed by atoms with Gasteiger partial charge in [0.25, 0.3) is 0 Å². The molecule has 2 aromatic rings. The summed E-state index contributed by atoms with van der Waals surface area (Å²) in [5, 5.41) is 7.84. The molecule has 2 heterocycles. The van der Waals surface area contributed by atoms with Crippen molar-refractivity contribution >= 4 is 23.2 Å². The maximum atomic E-state index is 12.3. The molecule has 1 saturated heterocycles. The van der Waals surface area contributed by atoms with Gasteiger partial charge in [-0.25, -0.2) is 0 Å². The monoisotopic (exact) mass is 414 g/mol. The Morgan fingerprint density at radius 1 is 1.03 bits per heavy atom. The van der Waals surface area contributed by atoms with Gasteiger partial charge >= 0.3 is 0 Å². The van der Waals surface area contributed by atoms with Crippen molar-refractivity contribution in [3.05, 3.63) is 58.3 Å². The third-order valence-corrected chi connectivity index (χ3v) is 6.10. The molecule has 1 aromatic carbocycles. The lowest BCUT2D eigenvalue weighted by molar-refractivity contribution is -0.122. The zero-order chi connectivity index (χ0) is 20.5. The average Bonchev–Trinajstić information content (AvgIpc) is 3.24. The van der Waals surface area contributed by atoms with Gasteiger partial charge < -0.3 is 10.6 Å². The number of carbonyl (C=O) groups is 2. The largest absolute Gasteiger partial charge is 0.355 e. The second-order valence-electron chi connectivity index (χ2n) is 7.43. The van der Waals surface area contributed by atoms with Crippen molar-refractivity contribution < 1.29 is 9.59 Å². The van der Waals surface area contributed by atoms with Gasteiger partial charge in [0.05, 0.1) is 12.5 Å². The van der Waals surface area contributed by atoms with Gasteiger partial charge in [-0.2, -0.15) is 0 Å². The minimum Gasteiger partial charge on any atom is -0.355 e. The number of nitrogens with one attached hydrogen (secondary N) is 2. The third kappa shape index (κ3) is 7.27. The van der Waals surface area contributed by atoms with E-state index in [1.807, 2.05) is 17.5 Å². The Bertz CT molecular complexity index is 758. The van der Waals surface area contributed by atoms with Gasteiger partial charge in [0.2, 0.25) is 11.8 Å². The van der Waals surface area contributed by atoms with Crippen molar-refractivity contribution in [2.75, 3.05) is 39.3 Å². The Morgan fingerprint density at radius 3 is 2.41 bits per heavy atom. The van der Waals surface area contributed by atoms with Crippen LogP contribution in [-0.4, -0.2) is 60.9 Å². The summed E-state index contributed by atoms with van der Waals surface area (Å²) < 4.78 is 0. The van der Waals surface area contributed by atoms with Crippen molar-refractivity contribution in [1.82, 2.24) is 20.4 Å². The highest BCUT2D eigenvalue weighted by molar-refractivity contribution is 7.10. The van der Waals surface area contributed by atoms with Crippen LogP contribution in [0.2, 0.25) is 0 Å². The summed E-state index contributed by atoms with van der Waals surface area (Å²) in [7, 11) is 0. The van der Waals surface area contributed by atoms with Crippen LogP contribution in [0.5, 0.6) is 0 Å². The number of nitrogens with zero attached hydrogens (tertiary/aromatic N) is 2. The van der Waals surface area contributed by atoms with E-state index >= 15 is 0 Å². The molecule has 1 aromatic heterocycles. The molecule has 2 N–H and O–H groups in total. The molecule has 0 radical (unpaired) electrons. The molecule has 0 aliphatic carbocycles. The molecule has 1 unspecified atom stereocenters. The van der Waals surface area contributed by atoms with Crippen LogP contribution in [0.1, 0.15) is 29.8 Å². The van der Waals surface area contributed by atoms with Crippen LogP contribution < -0.4 is 10.6 Å². The molecule has 1 aliphatic heterocycles. The third-order valence-electron chi connectivity index (χ3n) is 5.12. The summed E-state index contributed by atoms with van der Waals surface area (Å²) in [5.74, 6) is -0.149. The fourth-order valence-electron chi connectivity index (χ4n) is 3.58. The molecule has 1 aliphatic rings. The van der Waals surface area contributed by atoms with E-state index in [-0.39, 0.29) is 24.3 Å². The first-order chi connectivity index (χ1) is 14.1. The second-order valence-corrected chi connectivity index (χ2v) is 8.41. The zero-order valence-corrected chi connectivity index (χ0v) is 17.8. The van der Waals surface area contributed by atoms with Gasteiger partial charge in [-0.1, -0.05) is 36.4 Å². The van der Waals surface area contributed by atoms with Crippen molar-refractivity contribution in [3.8, 4) is 0 Å². The summed E-state index contributed by atoms with van der Waals surface area (Å²) in [6, 6.07) is 14.2. The number of amides is 2. The second kappa shape index (κ2) is 11.1. The molecule has 29 heavy (non-hydrogen) atoms. The Hall–Kier alpha value is -2.22. The summed E-state index contributed by atoms with van der Waals surface area (Å²) >= 11 is 1.55. The number of carbonyl (C=O) groups excluding carboxylic acids is 2. The Morgan fingerprint density at radius 2 is 1.76 bits per heavy atom. The van der Waals surface area contributed by atoms with E-state index in [0.717, 1.165) is 44.1 Å². The fraction of sp³-hybridized carbons (Fsp3) is 0.455. The summed E-state index contributed by atoms with van der Waals surface area (Å²) in [5.41, 5.74) is 1.35. The van der Waals surface area contributed by atoms with E-state index in [4.69, 9.17) is 0 Å². The highest BCUT2D eigenvalue weighted by atomic mass is 32.1. The smallest absolute Gasteiger partial charge is 0.222 e. The normalized spacial score (nSPS) is 16.3. The van der Waals surface area contributed by atoms with E-state index in [9.17, 15) is 9.59 Å². The Labute approximate surface area is 176 Å². The highest BCUT2D eigenvalue weighted by Gasteiger charge is 2.19.